The summed E-state index contributed by atoms with van der Waals surface area (Å²) < 4.78 is 54.7. The maximum Gasteiger partial charge on any atom is 0.254 e. The van der Waals surface area contributed by atoms with Gasteiger partial charge in [-0.3, -0.25) is 39.3 Å². The van der Waals surface area contributed by atoms with Crippen LogP contribution >= 0.6 is 0 Å². The Morgan fingerprint density at radius 2 is 1.15 bits per heavy atom. The largest absolute Gasteiger partial charge is 0.387 e. The molecule has 2 aliphatic heterocycles. The number of nitrogens with zero attached hydrogens (tertiary/aromatic N) is 4. The van der Waals surface area contributed by atoms with Crippen molar-refractivity contribution < 1.29 is 76.8 Å². The molecule has 412 valence electrons. The number of hydrogen-bond donors (Lipinski definition) is 5. The van der Waals surface area contributed by atoms with Crippen molar-refractivity contribution in [2.75, 3.05) is 165 Å². The van der Waals surface area contributed by atoms with E-state index in [0.29, 0.717) is 166 Å². The molecule has 74 heavy (non-hydrogen) atoms. The molecule has 5 amide bonds. The maximum atomic E-state index is 13.3. The summed E-state index contributed by atoms with van der Waals surface area (Å²) >= 11 is 0. The molecule has 24 nitrogen and oxygen atoms in total. The summed E-state index contributed by atoms with van der Waals surface area (Å²) in [6.07, 6.45) is 10.7. The smallest absolute Gasteiger partial charge is 0.254 e. The van der Waals surface area contributed by atoms with Gasteiger partial charge in [-0.1, -0.05) is 13.8 Å². The van der Waals surface area contributed by atoms with Crippen LogP contribution in [0.15, 0.2) is 47.1 Å². The SMILES string of the molecule is CCCN(CCC)C(=O)C1=Cc2ncc(C(=N)/C=C\C(=[NH2+])CNC(=O)CCOCCOCCOCCOCCOCCOCCOCCOCCOCCOCCNC(=O)CN3C(=O)C=CC3=O)cc2N=C(N)C1. The molecule has 0 unspecified atom stereocenters. The number of imide groups is 1. The molecule has 1 aromatic rings. The third kappa shape index (κ3) is 28.1. The molecule has 0 aromatic carbocycles. The molecular weight excluding hydrogens is 967 g/mol. The third-order valence-electron chi connectivity index (χ3n) is 10.3. The molecule has 0 bridgehead atoms. The molecule has 7 N–H and O–H groups in total. The molecule has 0 saturated carbocycles. The first-order valence-corrected chi connectivity index (χ1v) is 25.1. The first-order valence-electron chi connectivity index (χ1n) is 25.1. The van der Waals surface area contributed by atoms with E-state index in [9.17, 15) is 24.0 Å². The lowest BCUT2D eigenvalue weighted by molar-refractivity contribution is -0.141. The highest BCUT2D eigenvalue weighted by Crippen LogP contribution is 2.27. The number of ether oxygens (including phenoxy) is 10. The number of fused-ring (bicyclic) bond motifs is 1. The maximum absolute atomic E-state index is 13.3. The Morgan fingerprint density at radius 3 is 1.62 bits per heavy atom. The molecule has 3 rings (SSSR count). The van der Waals surface area contributed by atoms with Crippen LogP contribution in [0.25, 0.3) is 6.08 Å². The summed E-state index contributed by atoms with van der Waals surface area (Å²) in [5.74, 6) is -1.45. The first kappa shape index (κ1) is 62.6. The van der Waals surface area contributed by atoms with Crippen molar-refractivity contribution in [1.29, 1.82) is 5.41 Å². The second-order valence-electron chi connectivity index (χ2n) is 16.3. The molecule has 1 aromatic heterocycles. The lowest BCUT2D eigenvalue weighted by Crippen LogP contribution is -2.45. The fourth-order valence-electron chi connectivity index (χ4n) is 6.54. The average Bonchev–Trinajstić information content (AvgIpc) is 3.59. The minimum atomic E-state index is -0.501. The van der Waals surface area contributed by atoms with E-state index in [4.69, 9.17) is 63.9 Å². The van der Waals surface area contributed by atoms with Gasteiger partial charge in [0.25, 0.3) is 11.8 Å². The number of carbonyl (C=O) groups is 5. The minimum Gasteiger partial charge on any atom is -0.387 e. The number of aliphatic imine (C=N–C) groups is 1. The summed E-state index contributed by atoms with van der Waals surface area (Å²) in [6.45, 7) is 13.3. The van der Waals surface area contributed by atoms with Gasteiger partial charge in [-0.15, -0.1) is 0 Å². The van der Waals surface area contributed by atoms with E-state index >= 15 is 0 Å². The highest BCUT2D eigenvalue weighted by Gasteiger charge is 2.25. The van der Waals surface area contributed by atoms with Gasteiger partial charge < -0.3 is 74.0 Å². The lowest BCUT2D eigenvalue weighted by atomic mass is 10.1. The summed E-state index contributed by atoms with van der Waals surface area (Å²) in [5.41, 5.74) is 8.68. The Hall–Kier alpha value is -5.67. The predicted octanol–water partition coefficient (Wildman–Crippen LogP) is -0.656. The molecule has 0 fully saturated rings. The monoisotopic (exact) mass is 1040 g/mol. The van der Waals surface area contributed by atoms with Gasteiger partial charge in [0.2, 0.25) is 17.7 Å². The number of amidine groups is 1. The summed E-state index contributed by atoms with van der Waals surface area (Å²) in [6, 6.07) is 1.70. The van der Waals surface area contributed by atoms with Crippen LogP contribution in [0.2, 0.25) is 0 Å². The first-order chi connectivity index (χ1) is 36.0. The van der Waals surface area contributed by atoms with Crippen molar-refractivity contribution in [3.63, 3.8) is 0 Å². The number of allylic oxidation sites excluding steroid dienone is 1. The Kier molecular flexibility index (Phi) is 33.6. The zero-order valence-electron chi connectivity index (χ0n) is 43.1. The van der Waals surface area contributed by atoms with Gasteiger partial charge in [-0.25, -0.2) is 4.99 Å². The Morgan fingerprint density at radius 1 is 0.689 bits per heavy atom. The van der Waals surface area contributed by atoms with Gasteiger partial charge >= 0.3 is 0 Å². The fourth-order valence-corrected chi connectivity index (χ4v) is 6.54. The van der Waals surface area contributed by atoms with Crippen molar-refractivity contribution in [3.05, 3.63) is 53.4 Å². The van der Waals surface area contributed by atoms with E-state index < -0.39 is 17.7 Å². The van der Waals surface area contributed by atoms with E-state index in [1.807, 2.05) is 18.7 Å². The summed E-state index contributed by atoms with van der Waals surface area (Å²) in [5, 5.41) is 19.9. The molecule has 3 heterocycles. The van der Waals surface area contributed by atoms with E-state index in [0.717, 1.165) is 29.9 Å². The van der Waals surface area contributed by atoms with Gasteiger partial charge in [0, 0.05) is 68.0 Å². The van der Waals surface area contributed by atoms with Crippen LogP contribution in [0.4, 0.5) is 5.69 Å². The number of pyridine rings is 1. The fraction of sp³-hybridized carbons (Fsp3) is 0.620. The van der Waals surface area contributed by atoms with Crippen LogP contribution in [-0.4, -0.2) is 226 Å². The van der Waals surface area contributed by atoms with Gasteiger partial charge in [0.05, 0.1) is 149 Å². The standard InChI is InChI=1S/C50H77N9O15/c1-3-11-58(12-4-2)50(64)39-33-43-44(57-45(53)35-39)34-40(36-55-43)42(52)6-5-41(51)37-56-46(60)9-13-65-15-17-67-19-21-69-23-25-71-27-29-73-31-32-74-30-28-72-26-24-70-22-20-68-18-16-66-14-10-54-47(61)38-59-48(62)7-8-49(59)63/h5-8,33-34,36,51-52H,3-4,9-32,35,37-38H2,1-2H3,(H2,53,57)(H,54,61)(H,56,60)/p+1/b6-5-,51-41?,52-42?. The molecule has 0 saturated heterocycles. The van der Waals surface area contributed by atoms with Gasteiger partial charge in [-0.05, 0) is 31.1 Å². The third-order valence-corrected chi connectivity index (χ3v) is 10.3. The van der Waals surface area contributed by atoms with Crippen molar-refractivity contribution in [2.24, 2.45) is 10.7 Å². The van der Waals surface area contributed by atoms with Crippen LogP contribution < -0.4 is 21.8 Å². The Bertz CT molecular complexity index is 1990. The number of hydrogen-bond acceptors (Lipinski definition) is 19. The molecule has 0 radical (unpaired) electrons. The van der Waals surface area contributed by atoms with Crippen molar-refractivity contribution in [2.45, 2.75) is 39.5 Å². The number of aromatic nitrogens is 1. The van der Waals surface area contributed by atoms with Gasteiger partial charge in [0.15, 0.2) is 5.71 Å². The number of nitrogens with two attached hydrogens (primary N) is 2. The average molecular weight is 1050 g/mol. The van der Waals surface area contributed by atoms with Crippen molar-refractivity contribution >= 4 is 58.6 Å². The van der Waals surface area contributed by atoms with E-state index in [2.05, 4.69) is 20.6 Å². The highest BCUT2D eigenvalue weighted by atomic mass is 16.6. The molecule has 0 spiro atoms. The zero-order chi connectivity index (χ0) is 53.4. The van der Waals surface area contributed by atoms with E-state index in [1.165, 1.54) is 6.08 Å². The van der Waals surface area contributed by atoms with E-state index in [1.54, 1.807) is 24.4 Å². The number of nitrogens with one attached hydrogen (secondary N) is 3. The second kappa shape index (κ2) is 39.7. The van der Waals surface area contributed by atoms with Crippen LogP contribution in [0.3, 0.4) is 0 Å². The molecule has 0 aliphatic carbocycles. The second-order valence-corrected chi connectivity index (χ2v) is 16.3. The lowest BCUT2D eigenvalue weighted by Gasteiger charge is -2.22. The van der Waals surface area contributed by atoms with Gasteiger partial charge in [-0.2, -0.15) is 0 Å². The topological polar surface area (TPSA) is 309 Å². The molecule has 2 aliphatic rings. The van der Waals surface area contributed by atoms with Crippen LogP contribution in [-0.2, 0) is 71.3 Å². The number of rotatable bonds is 45. The zero-order valence-corrected chi connectivity index (χ0v) is 43.1. The summed E-state index contributed by atoms with van der Waals surface area (Å²) in [4.78, 5) is 71.9. The van der Waals surface area contributed by atoms with Crippen LogP contribution in [0, 0.1) is 5.41 Å². The quantitative estimate of drug-likeness (QED) is 0.0308. The number of carbonyl (C=O) groups excluding carboxylic acids is 5. The minimum absolute atomic E-state index is 0.0753. The molecular formula is C50H78N9O15+. The normalized spacial score (nSPS) is 13.2. The Labute approximate surface area is 433 Å². The van der Waals surface area contributed by atoms with Crippen LogP contribution in [0.5, 0.6) is 0 Å². The van der Waals surface area contributed by atoms with E-state index in [-0.39, 0.29) is 63.2 Å². The predicted molar refractivity (Wildman–Crippen MR) is 273 cm³/mol. The number of amides is 5. The van der Waals surface area contributed by atoms with Gasteiger partial charge in [0.1, 0.15) is 18.9 Å². The molecule has 0 atom stereocenters. The van der Waals surface area contributed by atoms with Crippen molar-refractivity contribution in [3.8, 4) is 0 Å². The van der Waals surface area contributed by atoms with Crippen molar-refractivity contribution in [1.82, 2.24) is 25.4 Å². The summed E-state index contributed by atoms with van der Waals surface area (Å²) in [7, 11) is 0. The van der Waals surface area contributed by atoms with Crippen LogP contribution in [0.1, 0.15) is 50.8 Å². The highest BCUT2D eigenvalue weighted by molar-refractivity contribution is 6.14. The Balaban J connectivity index is 1.02. The molecule has 24 heteroatoms.